The molecule has 3 rings (SSSR count). The zero-order chi connectivity index (χ0) is 19.8. The van der Waals surface area contributed by atoms with E-state index in [0.717, 1.165) is 62.2 Å². The number of aliphatic imine (C=N–C) groups is 1. The molecule has 8 heteroatoms. The Bertz CT molecular complexity index is 657. The molecule has 0 radical (unpaired) electrons. The second-order valence-corrected chi connectivity index (χ2v) is 8.17. The van der Waals surface area contributed by atoms with Crippen LogP contribution in [0, 0.1) is 5.92 Å². The Morgan fingerprint density at radius 2 is 2.14 bits per heavy atom. The number of ether oxygens (including phenoxy) is 1. The monoisotopic (exact) mass is 407 g/mol. The van der Waals surface area contributed by atoms with E-state index in [4.69, 9.17) is 14.7 Å². The second kappa shape index (κ2) is 10.6. The van der Waals surface area contributed by atoms with Gasteiger partial charge in [-0.2, -0.15) is 0 Å². The minimum Gasteiger partial charge on any atom is -0.466 e. The van der Waals surface area contributed by atoms with Crippen molar-refractivity contribution in [2.75, 3.05) is 50.8 Å². The Morgan fingerprint density at radius 3 is 2.89 bits per heavy atom. The average Bonchev–Trinajstić information content (AvgIpc) is 3.39. The van der Waals surface area contributed by atoms with Crippen molar-refractivity contribution in [3.63, 3.8) is 0 Å². The number of likely N-dealkylation sites (tertiary alicyclic amines) is 1. The summed E-state index contributed by atoms with van der Waals surface area (Å²) in [5.74, 6) is 0.755. The number of esters is 1. The van der Waals surface area contributed by atoms with Gasteiger partial charge in [-0.3, -0.25) is 9.79 Å². The fourth-order valence-corrected chi connectivity index (χ4v) is 4.70. The highest BCUT2D eigenvalue weighted by molar-refractivity contribution is 7.13. The first-order valence-corrected chi connectivity index (χ1v) is 11.5. The van der Waals surface area contributed by atoms with Crippen LogP contribution >= 0.6 is 11.3 Å². The summed E-state index contributed by atoms with van der Waals surface area (Å²) in [7, 11) is 0. The van der Waals surface area contributed by atoms with Gasteiger partial charge in [-0.25, -0.2) is 4.98 Å². The topological polar surface area (TPSA) is 70.1 Å². The van der Waals surface area contributed by atoms with E-state index in [-0.39, 0.29) is 11.9 Å². The lowest BCUT2D eigenvalue weighted by Crippen LogP contribution is -2.48. The minimum atomic E-state index is -0.0834. The van der Waals surface area contributed by atoms with Gasteiger partial charge in [0, 0.05) is 51.1 Å². The lowest BCUT2D eigenvalue weighted by Gasteiger charge is -2.34. The number of piperidine rings is 1. The largest absolute Gasteiger partial charge is 0.466 e. The standard InChI is InChI=1S/C20H33N5O2S/c1-3-21-19(25-13-7-8-16(14-25)18(26)27-4-2)22-10-9-17-15-28-20(23-17)24-11-5-6-12-24/h15-16H,3-14H2,1-2H3,(H,21,22). The van der Waals surface area contributed by atoms with E-state index in [1.807, 2.05) is 6.92 Å². The summed E-state index contributed by atoms with van der Waals surface area (Å²) < 4.78 is 5.22. The van der Waals surface area contributed by atoms with Crippen molar-refractivity contribution in [2.24, 2.45) is 10.9 Å². The van der Waals surface area contributed by atoms with Crippen LogP contribution in [0.15, 0.2) is 10.4 Å². The molecule has 0 spiro atoms. The van der Waals surface area contributed by atoms with Gasteiger partial charge >= 0.3 is 5.97 Å². The van der Waals surface area contributed by atoms with E-state index in [9.17, 15) is 4.79 Å². The molecule has 0 bridgehead atoms. The quantitative estimate of drug-likeness (QED) is 0.426. The molecule has 1 N–H and O–H groups in total. The number of carbonyl (C=O) groups excluding carboxylic acids is 1. The zero-order valence-electron chi connectivity index (χ0n) is 17.2. The molecule has 0 saturated carbocycles. The summed E-state index contributed by atoms with van der Waals surface area (Å²) in [6.45, 7) is 9.76. The Morgan fingerprint density at radius 1 is 1.32 bits per heavy atom. The number of aromatic nitrogens is 1. The highest BCUT2D eigenvalue weighted by Crippen LogP contribution is 2.24. The first-order chi connectivity index (χ1) is 13.7. The van der Waals surface area contributed by atoms with Crippen molar-refractivity contribution in [2.45, 2.75) is 46.0 Å². The zero-order valence-corrected chi connectivity index (χ0v) is 18.0. The Hall–Kier alpha value is -1.83. The first-order valence-electron chi connectivity index (χ1n) is 10.6. The fraction of sp³-hybridized carbons (Fsp3) is 0.750. The van der Waals surface area contributed by atoms with Crippen LogP contribution in [-0.2, 0) is 16.0 Å². The lowest BCUT2D eigenvalue weighted by atomic mass is 9.98. The molecule has 1 unspecified atom stereocenters. The summed E-state index contributed by atoms with van der Waals surface area (Å²) in [6, 6.07) is 0. The Kier molecular flexibility index (Phi) is 7.94. The molecule has 2 fully saturated rings. The van der Waals surface area contributed by atoms with E-state index >= 15 is 0 Å². The molecule has 1 aromatic rings. The molecule has 2 aliphatic heterocycles. The second-order valence-electron chi connectivity index (χ2n) is 7.34. The van der Waals surface area contributed by atoms with E-state index < -0.39 is 0 Å². The molecule has 7 nitrogen and oxygen atoms in total. The number of nitrogens with zero attached hydrogens (tertiary/aromatic N) is 4. The molecule has 2 saturated heterocycles. The third kappa shape index (κ3) is 5.59. The highest BCUT2D eigenvalue weighted by Gasteiger charge is 2.28. The maximum Gasteiger partial charge on any atom is 0.310 e. The number of thiazole rings is 1. The van der Waals surface area contributed by atoms with Crippen LogP contribution in [0.3, 0.4) is 0 Å². The number of rotatable bonds is 7. The van der Waals surface area contributed by atoms with Crippen LogP contribution in [0.25, 0.3) is 0 Å². The molecule has 1 aromatic heterocycles. The van der Waals surface area contributed by atoms with Gasteiger partial charge in [0.05, 0.1) is 18.2 Å². The summed E-state index contributed by atoms with van der Waals surface area (Å²) in [6.07, 6.45) is 5.27. The summed E-state index contributed by atoms with van der Waals surface area (Å²) in [5.41, 5.74) is 1.12. The van der Waals surface area contributed by atoms with Crippen LogP contribution < -0.4 is 10.2 Å². The smallest absolute Gasteiger partial charge is 0.310 e. The van der Waals surface area contributed by atoms with Gasteiger partial charge < -0.3 is 19.9 Å². The number of nitrogens with one attached hydrogen (secondary N) is 1. The third-order valence-corrected chi connectivity index (χ3v) is 6.17. The predicted molar refractivity (Wildman–Crippen MR) is 114 cm³/mol. The normalized spacial score (nSPS) is 20.5. The van der Waals surface area contributed by atoms with Gasteiger partial charge in [0.2, 0.25) is 0 Å². The van der Waals surface area contributed by atoms with Crippen molar-refractivity contribution >= 4 is 28.4 Å². The van der Waals surface area contributed by atoms with Gasteiger partial charge in [0.1, 0.15) is 0 Å². The minimum absolute atomic E-state index is 0.0564. The predicted octanol–water partition coefficient (Wildman–Crippen LogP) is 2.53. The van der Waals surface area contributed by atoms with Gasteiger partial charge in [0.15, 0.2) is 11.1 Å². The van der Waals surface area contributed by atoms with Gasteiger partial charge in [-0.1, -0.05) is 0 Å². The summed E-state index contributed by atoms with van der Waals surface area (Å²) in [4.78, 5) is 26.3. The fourth-order valence-electron chi connectivity index (χ4n) is 3.79. The molecule has 0 aliphatic carbocycles. The average molecular weight is 408 g/mol. The Balaban J connectivity index is 1.55. The number of carbonyl (C=O) groups is 1. The maximum absolute atomic E-state index is 12.1. The van der Waals surface area contributed by atoms with E-state index in [1.54, 1.807) is 11.3 Å². The van der Waals surface area contributed by atoms with Crippen molar-refractivity contribution < 1.29 is 9.53 Å². The number of hydrogen-bond donors (Lipinski definition) is 1. The Labute approximate surface area is 172 Å². The molecule has 1 atom stereocenters. The van der Waals surface area contributed by atoms with Gasteiger partial charge in [-0.15, -0.1) is 11.3 Å². The van der Waals surface area contributed by atoms with Crippen molar-refractivity contribution in [1.82, 2.24) is 15.2 Å². The van der Waals surface area contributed by atoms with Crippen LogP contribution in [0.4, 0.5) is 5.13 Å². The molecule has 3 heterocycles. The maximum atomic E-state index is 12.1. The van der Waals surface area contributed by atoms with Crippen LogP contribution in [0.5, 0.6) is 0 Å². The van der Waals surface area contributed by atoms with Crippen molar-refractivity contribution in [1.29, 1.82) is 0 Å². The van der Waals surface area contributed by atoms with Crippen LogP contribution in [0.2, 0.25) is 0 Å². The number of guanidine groups is 1. The summed E-state index contributed by atoms with van der Waals surface area (Å²) >= 11 is 1.74. The van der Waals surface area contributed by atoms with Gasteiger partial charge in [-0.05, 0) is 39.5 Å². The van der Waals surface area contributed by atoms with E-state index in [2.05, 4.69) is 27.4 Å². The molecule has 156 valence electrons. The molecule has 0 amide bonds. The molecular formula is C20H33N5O2S. The molecule has 0 aromatic carbocycles. The third-order valence-electron chi connectivity index (χ3n) is 5.22. The highest BCUT2D eigenvalue weighted by atomic mass is 32.1. The molecule has 28 heavy (non-hydrogen) atoms. The number of anilines is 1. The summed E-state index contributed by atoms with van der Waals surface area (Å²) in [5, 5.41) is 6.69. The van der Waals surface area contributed by atoms with Crippen molar-refractivity contribution in [3.8, 4) is 0 Å². The van der Waals surface area contributed by atoms with Crippen molar-refractivity contribution in [3.05, 3.63) is 11.1 Å². The van der Waals surface area contributed by atoms with Crippen LogP contribution in [0.1, 0.15) is 45.2 Å². The number of hydrogen-bond acceptors (Lipinski definition) is 6. The van der Waals surface area contributed by atoms with E-state index in [1.165, 1.54) is 12.8 Å². The van der Waals surface area contributed by atoms with Gasteiger partial charge in [0.25, 0.3) is 0 Å². The molecular weight excluding hydrogens is 374 g/mol. The lowest BCUT2D eigenvalue weighted by molar-refractivity contribution is -0.149. The van der Waals surface area contributed by atoms with E-state index in [0.29, 0.717) is 19.7 Å². The molecule has 2 aliphatic rings. The SMILES string of the molecule is CCNC(=NCCc1csc(N2CCCC2)n1)N1CCCC(C(=O)OCC)C1. The van der Waals surface area contributed by atoms with Crippen LogP contribution in [-0.4, -0.2) is 67.7 Å². The first kappa shape index (κ1) is 20.9.